The predicted molar refractivity (Wildman–Crippen MR) is 102 cm³/mol. The zero-order chi connectivity index (χ0) is 17.7. The zero-order valence-electron chi connectivity index (χ0n) is 16.3. The molecule has 0 radical (unpaired) electrons. The largest absolute Gasteiger partial charge is 0.381 e. The van der Waals surface area contributed by atoms with E-state index in [0.717, 1.165) is 71.3 Å². The van der Waals surface area contributed by atoms with Crippen LogP contribution < -0.4 is 10.6 Å². The van der Waals surface area contributed by atoms with Crippen molar-refractivity contribution in [2.24, 2.45) is 16.3 Å². The Bertz CT molecular complexity index is 334. The summed E-state index contributed by atoms with van der Waals surface area (Å²) in [6.07, 6.45) is 5.64. The molecule has 1 aliphatic heterocycles. The minimum Gasteiger partial charge on any atom is -0.381 e. The molecular formula is C19H39N3O2. The van der Waals surface area contributed by atoms with Gasteiger partial charge in [-0.15, -0.1) is 0 Å². The molecule has 0 aliphatic carbocycles. The molecule has 1 heterocycles. The highest BCUT2D eigenvalue weighted by molar-refractivity contribution is 5.79. The van der Waals surface area contributed by atoms with Gasteiger partial charge < -0.3 is 20.1 Å². The summed E-state index contributed by atoms with van der Waals surface area (Å²) >= 11 is 0. The van der Waals surface area contributed by atoms with Crippen LogP contribution in [0.5, 0.6) is 0 Å². The van der Waals surface area contributed by atoms with Crippen LogP contribution in [0.1, 0.15) is 59.8 Å². The molecule has 2 N–H and O–H groups in total. The van der Waals surface area contributed by atoms with Crippen LogP contribution in [0.3, 0.4) is 0 Å². The first-order valence-electron chi connectivity index (χ1n) is 9.69. The average molecular weight is 342 g/mol. The molecule has 1 rings (SSSR count). The summed E-state index contributed by atoms with van der Waals surface area (Å²) in [4.78, 5) is 4.63. The summed E-state index contributed by atoms with van der Waals surface area (Å²) in [5, 5.41) is 6.73. The Labute approximate surface area is 149 Å². The second kappa shape index (κ2) is 12.5. The van der Waals surface area contributed by atoms with Gasteiger partial charge in [-0.2, -0.15) is 0 Å². The Balaban J connectivity index is 2.08. The quantitative estimate of drug-likeness (QED) is 0.364. The van der Waals surface area contributed by atoms with E-state index in [1.807, 2.05) is 0 Å². The van der Waals surface area contributed by atoms with Crippen molar-refractivity contribution in [3.8, 4) is 0 Å². The topological polar surface area (TPSA) is 54.9 Å². The number of rotatable bonds is 10. The van der Waals surface area contributed by atoms with Gasteiger partial charge in [-0.1, -0.05) is 20.8 Å². The number of ether oxygens (including phenoxy) is 2. The minimum absolute atomic E-state index is 0.402. The maximum absolute atomic E-state index is 5.79. The number of guanidine groups is 1. The van der Waals surface area contributed by atoms with E-state index in [4.69, 9.17) is 9.47 Å². The Morgan fingerprint density at radius 3 is 2.58 bits per heavy atom. The smallest absolute Gasteiger partial charge is 0.191 e. The third-order valence-corrected chi connectivity index (χ3v) is 4.15. The van der Waals surface area contributed by atoms with Crippen LogP contribution in [0.25, 0.3) is 0 Å². The summed E-state index contributed by atoms with van der Waals surface area (Å²) in [6, 6.07) is 0. The van der Waals surface area contributed by atoms with Crippen molar-refractivity contribution in [3.05, 3.63) is 0 Å². The van der Waals surface area contributed by atoms with Gasteiger partial charge >= 0.3 is 0 Å². The second-order valence-corrected chi connectivity index (χ2v) is 7.84. The molecule has 5 heteroatoms. The highest BCUT2D eigenvalue weighted by Gasteiger charge is 2.13. The van der Waals surface area contributed by atoms with E-state index in [1.165, 1.54) is 12.8 Å². The summed E-state index contributed by atoms with van der Waals surface area (Å²) < 4.78 is 11.2. The monoisotopic (exact) mass is 341 g/mol. The van der Waals surface area contributed by atoms with Crippen molar-refractivity contribution in [1.29, 1.82) is 0 Å². The molecule has 0 aromatic heterocycles. The molecule has 0 atom stereocenters. The highest BCUT2D eigenvalue weighted by Crippen LogP contribution is 2.19. The fraction of sp³-hybridized carbons (Fsp3) is 0.947. The fourth-order valence-corrected chi connectivity index (χ4v) is 2.69. The van der Waals surface area contributed by atoms with Crippen molar-refractivity contribution in [3.63, 3.8) is 0 Å². The van der Waals surface area contributed by atoms with Gasteiger partial charge in [0.2, 0.25) is 0 Å². The predicted octanol–water partition coefficient (Wildman–Crippen LogP) is 3.20. The van der Waals surface area contributed by atoms with Crippen LogP contribution in [0, 0.1) is 11.3 Å². The minimum atomic E-state index is 0.402. The van der Waals surface area contributed by atoms with E-state index in [0.29, 0.717) is 11.3 Å². The molecule has 0 aromatic carbocycles. The van der Waals surface area contributed by atoms with Crippen molar-refractivity contribution < 1.29 is 9.47 Å². The van der Waals surface area contributed by atoms with Crippen molar-refractivity contribution in [2.45, 2.75) is 59.8 Å². The van der Waals surface area contributed by atoms with Gasteiger partial charge in [0.25, 0.3) is 0 Å². The number of hydrogen-bond donors (Lipinski definition) is 2. The first-order chi connectivity index (χ1) is 11.5. The van der Waals surface area contributed by atoms with Crippen LogP contribution in [-0.4, -0.2) is 52.0 Å². The molecule has 1 aliphatic rings. The Morgan fingerprint density at radius 2 is 1.92 bits per heavy atom. The normalized spacial score (nSPS) is 17.1. The van der Waals surface area contributed by atoms with Gasteiger partial charge in [0.05, 0.1) is 0 Å². The standard InChI is InChI=1S/C19H39N3O2/c1-5-20-18(21-11-6-10-19(2,3)4)22-12-7-13-24-16-17-8-14-23-15-9-17/h17H,5-16H2,1-4H3,(H2,20,21,22). The van der Waals surface area contributed by atoms with Crippen molar-refractivity contribution in [1.82, 2.24) is 10.6 Å². The molecule has 0 saturated carbocycles. The van der Waals surface area contributed by atoms with Gasteiger partial charge in [-0.3, -0.25) is 4.99 Å². The van der Waals surface area contributed by atoms with Gasteiger partial charge in [0, 0.05) is 46.1 Å². The Hall–Kier alpha value is -0.810. The lowest BCUT2D eigenvalue weighted by Crippen LogP contribution is -2.38. The summed E-state index contributed by atoms with van der Waals surface area (Å²) in [7, 11) is 0. The van der Waals surface area contributed by atoms with Crippen molar-refractivity contribution in [2.75, 3.05) is 46.1 Å². The molecule has 0 aromatic rings. The Morgan fingerprint density at radius 1 is 1.17 bits per heavy atom. The third-order valence-electron chi connectivity index (χ3n) is 4.15. The van der Waals surface area contributed by atoms with Gasteiger partial charge in [0.15, 0.2) is 5.96 Å². The molecule has 1 saturated heterocycles. The molecule has 0 bridgehead atoms. The maximum atomic E-state index is 5.79. The van der Waals surface area contributed by atoms with Crippen molar-refractivity contribution >= 4 is 5.96 Å². The number of aliphatic imine (C=N–C) groups is 1. The molecular weight excluding hydrogens is 302 g/mol. The third kappa shape index (κ3) is 11.7. The second-order valence-electron chi connectivity index (χ2n) is 7.84. The van der Waals surface area contributed by atoms with Crippen LogP contribution in [0.4, 0.5) is 0 Å². The van der Waals surface area contributed by atoms with Crippen LogP contribution in [0.2, 0.25) is 0 Å². The van der Waals surface area contributed by atoms with E-state index in [9.17, 15) is 0 Å². The molecule has 0 unspecified atom stereocenters. The molecule has 0 amide bonds. The first kappa shape index (κ1) is 21.2. The van der Waals surface area contributed by atoms with Gasteiger partial charge in [-0.25, -0.2) is 0 Å². The first-order valence-corrected chi connectivity index (χ1v) is 9.69. The van der Waals surface area contributed by atoms with E-state index < -0.39 is 0 Å². The molecule has 5 nitrogen and oxygen atoms in total. The number of nitrogens with zero attached hydrogens (tertiary/aromatic N) is 1. The van der Waals surface area contributed by atoms with E-state index in [-0.39, 0.29) is 0 Å². The van der Waals surface area contributed by atoms with Gasteiger partial charge in [0.1, 0.15) is 0 Å². The zero-order valence-corrected chi connectivity index (χ0v) is 16.3. The highest BCUT2D eigenvalue weighted by atomic mass is 16.5. The molecule has 24 heavy (non-hydrogen) atoms. The Kier molecular flexibility index (Phi) is 11.1. The SMILES string of the molecule is CCNC(=NCCCOCC1CCOCC1)NCCCC(C)(C)C. The lowest BCUT2D eigenvalue weighted by molar-refractivity contribution is 0.0205. The average Bonchev–Trinajstić information content (AvgIpc) is 2.54. The summed E-state index contributed by atoms with van der Waals surface area (Å²) in [5.41, 5.74) is 0.402. The lowest BCUT2D eigenvalue weighted by Gasteiger charge is -2.21. The number of nitrogens with one attached hydrogen (secondary N) is 2. The summed E-state index contributed by atoms with van der Waals surface area (Å²) in [5.74, 6) is 1.61. The van der Waals surface area contributed by atoms with Gasteiger partial charge in [-0.05, 0) is 50.4 Å². The van der Waals surface area contributed by atoms with Crippen LogP contribution >= 0.6 is 0 Å². The molecule has 1 fully saturated rings. The van der Waals surface area contributed by atoms with E-state index in [2.05, 4.69) is 43.3 Å². The van der Waals surface area contributed by atoms with Crippen LogP contribution in [-0.2, 0) is 9.47 Å². The van der Waals surface area contributed by atoms with Crippen LogP contribution in [0.15, 0.2) is 4.99 Å². The lowest BCUT2D eigenvalue weighted by atomic mass is 9.91. The number of hydrogen-bond acceptors (Lipinski definition) is 3. The fourth-order valence-electron chi connectivity index (χ4n) is 2.69. The van der Waals surface area contributed by atoms with E-state index in [1.54, 1.807) is 0 Å². The van der Waals surface area contributed by atoms with E-state index >= 15 is 0 Å². The molecule has 0 spiro atoms. The molecule has 142 valence electrons. The maximum Gasteiger partial charge on any atom is 0.191 e. The summed E-state index contributed by atoms with van der Waals surface area (Å²) in [6.45, 7) is 15.1.